The van der Waals surface area contributed by atoms with Gasteiger partial charge in [0.25, 0.3) is 0 Å². The van der Waals surface area contributed by atoms with E-state index in [1.54, 1.807) is 23.5 Å². The van der Waals surface area contributed by atoms with Crippen molar-refractivity contribution in [3.8, 4) is 0 Å². The van der Waals surface area contributed by atoms with Crippen molar-refractivity contribution in [2.45, 2.75) is 39.5 Å². The predicted octanol–water partition coefficient (Wildman–Crippen LogP) is -20.5. The number of rotatable bonds is 6. The van der Waals surface area contributed by atoms with Crippen molar-refractivity contribution in [3.63, 3.8) is 0 Å². The molecule has 25 heavy (non-hydrogen) atoms. The fourth-order valence-electron chi connectivity index (χ4n) is 0.608. The van der Waals surface area contributed by atoms with E-state index in [9.17, 15) is 0 Å². The van der Waals surface area contributed by atoms with Crippen molar-refractivity contribution in [1.82, 2.24) is 0 Å². The van der Waals surface area contributed by atoms with E-state index in [0.29, 0.717) is 0 Å². The molecule has 0 radical (unpaired) electrons. The van der Waals surface area contributed by atoms with Gasteiger partial charge in [0.05, 0.1) is 0 Å². The third-order valence-electron chi connectivity index (χ3n) is 1.45. The second-order valence-corrected chi connectivity index (χ2v) is 8.58. The molecule has 0 unspecified atom stereocenters. The summed E-state index contributed by atoms with van der Waals surface area (Å²) in [5.41, 5.74) is 0. The molecule has 0 aromatic rings. The third-order valence-corrected chi connectivity index (χ3v) is 4.41. The minimum atomic E-state index is 0. The molecule has 0 aliphatic carbocycles. The number of hydrogen-bond donors (Lipinski definition) is 2. The largest absolute Gasteiger partial charge is 1.00 e. The van der Waals surface area contributed by atoms with Gasteiger partial charge in [0.1, 0.15) is 7.06 Å². The van der Waals surface area contributed by atoms with Crippen LogP contribution in [0, 0.1) is 0 Å². The Labute approximate surface area is 399 Å². The minimum absolute atomic E-state index is 0. The quantitative estimate of drug-likeness (QED) is 0.147. The van der Waals surface area contributed by atoms with Crippen LogP contribution in [0.3, 0.4) is 0 Å². The first-order chi connectivity index (χ1) is 7.54. The van der Waals surface area contributed by atoms with Crippen molar-refractivity contribution in [2.75, 3.05) is 11.5 Å². The summed E-state index contributed by atoms with van der Waals surface area (Å²) in [6.07, 6.45) is 4.96. The summed E-state index contributed by atoms with van der Waals surface area (Å²) >= 11 is 20.7. The van der Waals surface area contributed by atoms with E-state index >= 15 is 0 Å². The van der Waals surface area contributed by atoms with Gasteiger partial charge in [-0.25, -0.2) is 0 Å². The average Bonchev–Trinajstić information content (AvgIpc) is 2.18. The van der Waals surface area contributed by atoms with Gasteiger partial charge in [-0.2, -0.15) is 0 Å². The Morgan fingerprint density at radius 3 is 0.960 bits per heavy atom. The first kappa shape index (κ1) is 70.4. The Hall–Kier alpha value is 10.6. The number of unbranched alkanes of at least 4 members (excludes halogenated alkanes) is 2. The van der Waals surface area contributed by atoms with Crippen molar-refractivity contribution in [3.05, 3.63) is 0 Å². The first-order valence-electron chi connectivity index (χ1n) is 5.26. The molecule has 0 rings (SSSR count). The van der Waals surface area contributed by atoms with E-state index in [2.05, 4.69) is 39.1 Å². The monoisotopic (exact) mass is 548 g/mol. The number of hydrogen-bond acceptors (Lipinski definition) is 4. The molecule has 0 saturated heterocycles. The number of thiol groups is 2. The average molecular weight is 549 g/mol. The van der Waals surface area contributed by atoms with Crippen LogP contribution in [0.2, 0.25) is 0 Å². The molecular formula is C10H29Na9S6. The molecule has 0 spiro atoms. The van der Waals surface area contributed by atoms with Crippen LogP contribution in [0.5, 0.6) is 0 Å². The molecular weight excluding hydrogens is 519 g/mol. The van der Waals surface area contributed by atoms with Gasteiger partial charge >= 0.3 is 266 Å². The van der Waals surface area contributed by atoms with Crippen molar-refractivity contribution < 1.29 is 279 Å². The first-order valence-corrected chi connectivity index (χ1v) is 8.94. The molecule has 0 saturated carbocycles. The molecule has 0 aromatic heterocycles. The minimum Gasteiger partial charge on any atom is -1.00 e. The van der Waals surface area contributed by atoms with Crippen LogP contribution in [0.1, 0.15) is 52.4 Å². The molecule has 0 aromatic carbocycles. The van der Waals surface area contributed by atoms with E-state index in [0.717, 1.165) is 18.6 Å². The van der Waals surface area contributed by atoms with Crippen molar-refractivity contribution in [1.29, 1.82) is 0 Å². The summed E-state index contributed by atoms with van der Waals surface area (Å²) in [5.74, 6) is 2.25. The van der Waals surface area contributed by atoms with Crippen LogP contribution in [0.15, 0.2) is 0 Å². The van der Waals surface area contributed by atoms with Gasteiger partial charge < -0.3 is 12.8 Å². The van der Waals surface area contributed by atoms with Crippen LogP contribution < -0.4 is 266 Å². The summed E-state index contributed by atoms with van der Waals surface area (Å²) in [4.78, 5) is 0. The second kappa shape index (κ2) is 64.5. The van der Waals surface area contributed by atoms with Gasteiger partial charge in [-0.15, -0.1) is 48.8 Å². The summed E-state index contributed by atoms with van der Waals surface area (Å²) < 4.78 is 1.52. The van der Waals surface area contributed by atoms with Crippen molar-refractivity contribution >= 4 is 80.3 Å². The smallest absolute Gasteiger partial charge is 1.00 e. The summed E-state index contributed by atoms with van der Waals surface area (Å²) in [6.45, 7) is 4.34. The SMILES string of the molecule is CCCCSC(=S)S.CCCCSC(=S)S.[H-].[H-].[H-].[H-].[H-].[H-].[H-].[H-].[H-].[Na+].[Na+].[Na+].[Na+].[Na+].[Na+].[Na+].[Na+].[Na+]. The third kappa shape index (κ3) is 86.7. The van der Waals surface area contributed by atoms with Crippen LogP contribution in [-0.2, 0) is 0 Å². The normalized spacial score (nSPS) is 5.92. The zero-order valence-electron chi connectivity index (χ0n) is 27.8. The molecule has 15 heteroatoms. The maximum absolute atomic E-state index is 4.74. The van der Waals surface area contributed by atoms with Crippen LogP contribution in [0.4, 0.5) is 0 Å². The molecule has 0 bridgehead atoms. The maximum Gasteiger partial charge on any atom is 1.00 e. The molecule has 0 aliphatic heterocycles. The molecule has 0 heterocycles. The van der Waals surface area contributed by atoms with E-state index in [4.69, 9.17) is 24.4 Å². The second-order valence-electron chi connectivity index (χ2n) is 2.94. The molecule has 0 amide bonds. The summed E-state index contributed by atoms with van der Waals surface area (Å²) in [6, 6.07) is 0. The Morgan fingerprint density at radius 1 is 0.640 bits per heavy atom. The maximum atomic E-state index is 4.74. The Balaban J connectivity index is -0.00000000419. The zero-order chi connectivity index (χ0) is 12.8. The fourth-order valence-corrected chi connectivity index (χ4v) is 2.87. The van der Waals surface area contributed by atoms with Gasteiger partial charge in [0.15, 0.2) is 0 Å². The van der Waals surface area contributed by atoms with E-state index in [1.807, 2.05) is 0 Å². The van der Waals surface area contributed by atoms with Gasteiger partial charge in [0.2, 0.25) is 0 Å². The van der Waals surface area contributed by atoms with E-state index in [-0.39, 0.29) is 279 Å². The standard InChI is InChI=1S/2C5H10S3.9Na.9H/c2*1-2-3-4-8-5(6)7;;;;;;;;;;;;;;;;;;/h2*2-4H2,1H3,(H,6,7);;;;;;;;;;;;;;;;;;/q;;9*+1;9*-1. The van der Waals surface area contributed by atoms with Gasteiger partial charge in [-0.3, -0.25) is 0 Å². The van der Waals surface area contributed by atoms with Crippen molar-refractivity contribution in [2.24, 2.45) is 0 Å². The van der Waals surface area contributed by atoms with Gasteiger partial charge in [-0.1, -0.05) is 51.1 Å². The summed E-state index contributed by atoms with van der Waals surface area (Å²) in [5, 5.41) is 0. The predicted molar refractivity (Wildman–Crippen MR) is 108 cm³/mol. The van der Waals surface area contributed by atoms with E-state index < -0.39 is 0 Å². The molecule has 0 aliphatic rings. The number of thiocarbonyl (C=S) groups is 2. The molecule has 0 nitrogen and oxygen atoms in total. The topological polar surface area (TPSA) is 0 Å². The Kier molecular flexibility index (Phi) is 182. The van der Waals surface area contributed by atoms with Gasteiger partial charge in [0, 0.05) is 0 Å². The zero-order valence-corrected chi connectivity index (χ0v) is 41.8. The Morgan fingerprint density at radius 2 is 0.840 bits per heavy atom. The van der Waals surface area contributed by atoms with Crippen LogP contribution in [-0.4, -0.2) is 18.6 Å². The fraction of sp³-hybridized carbons (Fsp3) is 0.800. The molecule has 0 fully saturated rings. The Bertz CT molecular complexity index is 212. The molecule has 0 atom stereocenters. The van der Waals surface area contributed by atoms with Crippen LogP contribution in [0.25, 0.3) is 0 Å². The van der Waals surface area contributed by atoms with Gasteiger partial charge in [-0.05, 0) is 24.3 Å². The molecule has 0 N–H and O–H groups in total. The van der Waals surface area contributed by atoms with Crippen LogP contribution >= 0.6 is 73.2 Å². The molecule has 114 valence electrons. The van der Waals surface area contributed by atoms with E-state index in [1.165, 1.54) is 25.7 Å². The number of thioether (sulfide) groups is 2. The summed E-state index contributed by atoms with van der Waals surface area (Å²) in [7, 11) is 0.